The Morgan fingerprint density at radius 3 is 2.44 bits per heavy atom. The molecule has 0 aromatic heterocycles. The van der Waals surface area contributed by atoms with Gasteiger partial charge in [-0.05, 0) is 44.4 Å². The third-order valence-electron chi connectivity index (χ3n) is 2.68. The fraction of sp³-hybridized carbons (Fsp3) is 0.462. The van der Waals surface area contributed by atoms with Crippen LogP contribution in [0.4, 0.5) is 0 Å². The molecule has 2 N–H and O–H groups in total. The molecule has 0 bridgehead atoms. The Labute approximate surface area is 103 Å². The Balaban J connectivity index is 2.88. The van der Waals surface area contributed by atoms with Crippen molar-refractivity contribution in [1.82, 2.24) is 0 Å². The molecule has 1 rings (SSSR count). The van der Waals surface area contributed by atoms with E-state index in [1.807, 2.05) is 6.92 Å². The number of rotatable bonds is 4. The van der Waals surface area contributed by atoms with Crippen molar-refractivity contribution < 1.29 is 4.74 Å². The molecule has 3 heteroatoms. The van der Waals surface area contributed by atoms with Crippen LogP contribution in [0.15, 0.2) is 12.1 Å². The molecule has 88 valence electrons. The summed E-state index contributed by atoms with van der Waals surface area (Å²) in [4.78, 5) is 0.496. The van der Waals surface area contributed by atoms with Gasteiger partial charge in [-0.3, -0.25) is 0 Å². The van der Waals surface area contributed by atoms with Crippen LogP contribution in [-0.2, 0) is 0 Å². The van der Waals surface area contributed by atoms with E-state index in [-0.39, 0.29) is 6.10 Å². The first-order valence-electron chi connectivity index (χ1n) is 5.43. The molecule has 16 heavy (non-hydrogen) atoms. The number of ether oxygens (including phenoxy) is 1. The molecule has 0 saturated heterocycles. The zero-order valence-electron chi connectivity index (χ0n) is 10.3. The molecule has 2 nitrogen and oxygen atoms in total. The van der Waals surface area contributed by atoms with E-state index in [1.165, 1.54) is 11.1 Å². The fourth-order valence-corrected chi connectivity index (χ4v) is 1.87. The lowest BCUT2D eigenvalue weighted by Crippen LogP contribution is -2.21. The minimum absolute atomic E-state index is 0.0247. The number of nitrogens with two attached hydrogens (primary N) is 1. The molecule has 1 aromatic rings. The smallest absolute Gasteiger partial charge is 0.125 e. The molecule has 0 radical (unpaired) electrons. The quantitative estimate of drug-likeness (QED) is 0.817. The molecule has 0 amide bonds. The van der Waals surface area contributed by atoms with Gasteiger partial charge in [0.05, 0.1) is 4.99 Å². The van der Waals surface area contributed by atoms with Crippen LogP contribution in [0.3, 0.4) is 0 Å². The molecule has 0 fully saturated rings. The second-order valence-corrected chi connectivity index (χ2v) is 4.78. The third kappa shape index (κ3) is 3.20. The van der Waals surface area contributed by atoms with Crippen molar-refractivity contribution in [1.29, 1.82) is 0 Å². The molecule has 1 aromatic carbocycles. The van der Waals surface area contributed by atoms with Crippen LogP contribution in [0.25, 0.3) is 0 Å². The highest BCUT2D eigenvalue weighted by Gasteiger charge is 2.11. The van der Waals surface area contributed by atoms with Crippen LogP contribution in [0.5, 0.6) is 5.75 Å². The maximum absolute atomic E-state index is 5.90. The van der Waals surface area contributed by atoms with Gasteiger partial charge in [-0.2, -0.15) is 0 Å². The molecular formula is C13H19NOS. The van der Waals surface area contributed by atoms with Crippen LogP contribution < -0.4 is 10.5 Å². The first-order chi connectivity index (χ1) is 7.41. The molecule has 1 atom stereocenters. The normalized spacial score (nSPS) is 12.2. The van der Waals surface area contributed by atoms with Crippen LogP contribution in [0.1, 0.15) is 30.0 Å². The van der Waals surface area contributed by atoms with Crippen molar-refractivity contribution in [2.45, 2.75) is 40.2 Å². The van der Waals surface area contributed by atoms with Crippen molar-refractivity contribution >= 4 is 17.2 Å². The minimum atomic E-state index is 0.0247. The molecule has 0 spiro atoms. The summed E-state index contributed by atoms with van der Waals surface area (Å²) in [5, 5.41) is 0. The Morgan fingerprint density at radius 1 is 1.31 bits per heavy atom. The molecule has 0 heterocycles. The maximum atomic E-state index is 5.90. The van der Waals surface area contributed by atoms with Gasteiger partial charge in [0.2, 0.25) is 0 Å². The van der Waals surface area contributed by atoms with Gasteiger partial charge in [-0.15, -0.1) is 0 Å². The van der Waals surface area contributed by atoms with Crippen molar-refractivity contribution in [3.8, 4) is 5.75 Å². The number of thiocarbonyl (C=S) groups is 1. The Morgan fingerprint density at radius 2 is 1.88 bits per heavy atom. The highest BCUT2D eigenvalue weighted by molar-refractivity contribution is 7.80. The highest BCUT2D eigenvalue weighted by atomic mass is 32.1. The van der Waals surface area contributed by atoms with Crippen molar-refractivity contribution in [2.75, 3.05) is 0 Å². The van der Waals surface area contributed by atoms with E-state index in [4.69, 9.17) is 22.7 Å². The van der Waals surface area contributed by atoms with E-state index in [0.29, 0.717) is 11.4 Å². The van der Waals surface area contributed by atoms with Gasteiger partial charge >= 0.3 is 0 Å². The van der Waals surface area contributed by atoms with Crippen LogP contribution in [0.2, 0.25) is 0 Å². The summed E-state index contributed by atoms with van der Waals surface area (Å²) in [5.74, 6) is 0.962. The van der Waals surface area contributed by atoms with E-state index in [0.717, 1.165) is 11.3 Å². The standard InChI is InChI=1S/C13H19NOS/c1-8-5-6-9(2)13(11(8)4)15-10(3)7-12(14)16/h5-6,10H,7H2,1-4H3,(H2,14,16). The van der Waals surface area contributed by atoms with Crippen molar-refractivity contribution in [3.63, 3.8) is 0 Å². The summed E-state index contributed by atoms with van der Waals surface area (Å²) in [6, 6.07) is 4.18. The van der Waals surface area contributed by atoms with Gasteiger partial charge in [0.25, 0.3) is 0 Å². The second-order valence-electron chi connectivity index (χ2n) is 4.25. The average Bonchev–Trinajstić information content (AvgIpc) is 2.17. The molecule has 1 unspecified atom stereocenters. The number of hydrogen-bond acceptors (Lipinski definition) is 2. The van der Waals surface area contributed by atoms with Gasteiger partial charge in [0.15, 0.2) is 0 Å². The monoisotopic (exact) mass is 237 g/mol. The summed E-state index contributed by atoms with van der Waals surface area (Å²) in [6.07, 6.45) is 0.638. The van der Waals surface area contributed by atoms with Crippen LogP contribution in [-0.4, -0.2) is 11.1 Å². The maximum Gasteiger partial charge on any atom is 0.125 e. The average molecular weight is 237 g/mol. The van der Waals surface area contributed by atoms with Crippen molar-refractivity contribution in [3.05, 3.63) is 28.8 Å². The second kappa shape index (κ2) is 5.30. The summed E-state index contributed by atoms with van der Waals surface area (Å²) >= 11 is 4.88. The minimum Gasteiger partial charge on any atom is -0.490 e. The van der Waals surface area contributed by atoms with Gasteiger partial charge in [0.1, 0.15) is 11.9 Å². The van der Waals surface area contributed by atoms with Crippen LogP contribution >= 0.6 is 12.2 Å². The predicted molar refractivity (Wildman–Crippen MR) is 72.1 cm³/mol. The summed E-state index contributed by atoms with van der Waals surface area (Å²) in [7, 11) is 0. The van der Waals surface area contributed by atoms with Gasteiger partial charge < -0.3 is 10.5 Å². The summed E-state index contributed by atoms with van der Waals surface area (Å²) < 4.78 is 5.90. The van der Waals surface area contributed by atoms with E-state index >= 15 is 0 Å². The van der Waals surface area contributed by atoms with Gasteiger partial charge in [0, 0.05) is 6.42 Å². The Bertz CT molecular complexity index is 401. The van der Waals surface area contributed by atoms with E-state index in [9.17, 15) is 0 Å². The van der Waals surface area contributed by atoms with E-state index in [1.54, 1.807) is 0 Å². The third-order valence-corrected chi connectivity index (χ3v) is 2.85. The molecular weight excluding hydrogens is 218 g/mol. The number of hydrogen-bond donors (Lipinski definition) is 1. The zero-order chi connectivity index (χ0) is 12.3. The fourth-order valence-electron chi connectivity index (χ4n) is 1.63. The van der Waals surface area contributed by atoms with Crippen molar-refractivity contribution in [2.24, 2.45) is 5.73 Å². The molecule has 0 aliphatic heterocycles. The molecule has 0 saturated carbocycles. The Kier molecular flexibility index (Phi) is 4.30. The lowest BCUT2D eigenvalue weighted by Gasteiger charge is -2.19. The largest absolute Gasteiger partial charge is 0.490 e. The first-order valence-corrected chi connectivity index (χ1v) is 5.84. The topological polar surface area (TPSA) is 35.2 Å². The highest BCUT2D eigenvalue weighted by Crippen LogP contribution is 2.27. The van der Waals surface area contributed by atoms with Gasteiger partial charge in [-0.25, -0.2) is 0 Å². The Hall–Kier alpha value is -1.09. The molecule has 0 aliphatic rings. The van der Waals surface area contributed by atoms with Crippen LogP contribution in [0, 0.1) is 20.8 Å². The first kappa shape index (κ1) is 13.0. The van der Waals surface area contributed by atoms with E-state index in [2.05, 4.69) is 32.9 Å². The molecule has 0 aliphatic carbocycles. The lowest BCUT2D eigenvalue weighted by molar-refractivity contribution is 0.227. The summed E-state index contributed by atoms with van der Waals surface area (Å²) in [5.41, 5.74) is 9.08. The number of benzene rings is 1. The predicted octanol–water partition coefficient (Wildman–Crippen LogP) is 3.06. The van der Waals surface area contributed by atoms with Gasteiger partial charge in [-0.1, -0.05) is 24.4 Å². The van der Waals surface area contributed by atoms with E-state index < -0.39 is 0 Å². The lowest BCUT2D eigenvalue weighted by atomic mass is 10.1. The summed E-state index contributed by atoms with van der Waals surface area (Å²) in [6.45, 7) is 8.20. The SMILES string of the molecule is Cc1ccc(C)c(OC(C)CC(N)=S)c1C. The number of aryl methyl sites for hydroxylation is 2. The zero-order valence-corrected chi connectivity index (χ0v) is 11.1.